The molecular formula is C84H68Cl2O4P4Ru. The zero-order valence-corrected chi connectivity index (χ0v) is 59.7. The van der Waals surface area contributed by atoms with E-state index in [-0.39, 0.29) is 15.1 Å². The second-order valence-corrected chi connectivity index (χ2v) is 30.3. The van der Waals surface area contributed by atoms with E-state index in [1.165, 1.54) is 42.4 Å². The van der Waals surface area contributed by atoms with E-state index in [1.54, 1.807) is 28.4 Å². The molecule has 0 aliphatic carbocycles. The first kappa shape index (κ1) is 71.8. The van der Waals surface area contributed by atoms with Crippen LogP contribution in [0.3, 0.4) is 0 Å². The molecule has 12 rings (SSSR count). The SMILES string of the molecule is COc1ccc(C#CP(c2ccccc2)c2ccccc2)cc1.COc1ccc(C#CP(c2ccccc2)c2ccccc2)cc1.COc1ccc(C#CP(c2ccccc2)c2ccccc2)cc1.COc1ccc(C#CP(c2ccccc2)c2ccccc2)cc1.[Cl][Ru][Cl]. The summed E-state index contributed by atoms with van der Waals surface area (Å²) in [7, 11) is 13.7. The zero-order chi connectivity index (χ0) is 66.3. The Morgan fingerprint density at radius 3 is 0.453 bits per heavy atom. The first-order valence-corrected chi connectivity index (χ1v) is 39.8. The van der Waals surface area contributed by atoms with Crippen LogP contribution >= 0.6 is 51.1 Å². The van der Waals surface area contributed by atoms with E-state index in [2.05, 4.69) is 240 Å². The van der Waals surface area contributed by atoms with Gasteiger partial charge in [-0.15, -0.1) is 0 Å². The van der Waals surface area contributed by atoms with Gasteiger partial charge in [-0.1, -0.05) is 289 Å². The summed E-state index contributed by atoms with van der Waals surface area (Å²) in [5.74, 6) is 16.7. The van der Waals surface area contributed by atoms with Gasteiger partial charge in [0.25, 0.3) is 0 Å². The van der Waals surface area contributed by atoms with Crippen molar-refractivity contribution in [1.82, 2.24) is 0 Å². The van der Waals surface area contributed by atoms with Gasteiger partial charge in [0.15, 0.2) is 0 Å². The number of hydrogen-bond acceptors (Lipinski definition) is 4. The Morgan fingerprint density at radius 1 is 0.211 bits per heavy atom. The summed E-state index contributed by atoms with van der Waals surface area (Å²) < 4.78 is 20.8. The number of rotatable bonds is 12. The van der Waals surface area contributed by atoms with Crippen molar-refractivity contribution < 1.29 is 34.1 Å². The Hall–Kier alpha value is -9.00. The van der Waals surface area contributed by atoms with E-state index < -0.39 is 31.7 Å². The fourth-order valence-electron chi connectivity index (χ4n) is 8.91. The summed E-state index contributed by atoms with van der Waals surface area (Å²) in [4.78, 5) is 0. The maximum absolute atomic E-state index is 5.19. The Kier molecular flexibility index (Phi) is 31.5. The van der Waals surface area contributed by atoms with E-state index in [4.69, 9.17) is 38.3 Å². The molecule has 0 spiro atoms. The molecule has 0 saturated heterocycles. The van der Waals surface area contributed by atoms with Crippen LogP contribution in [-0.2, 0) is 15.1 Å². The van der Waals surface area contributed by atoms with E-state index in [0.717, 1.165) is 45.3 Å². The molecule has 0 N–H and O–H groups in total. The topological polar surface area (TPSA) is 36.9 Å². The van der Waals surface area contributed by atoms with Gasteiger partial charge in [-0.25, -0.2) is 0 Å². The van der Waals surface area contributed by atoms with Gasteiger partial charge in [0.2, 0.25) is 0 Å². The van der Waals surface area contributed by atoms with Crippen LogP contribution in [0.1, 0.15) is 22.3 Å². The summed E-state index contributed by atoms with van der Waals surface area (Å²) in [5.41, 5.74) is 17.9. The molecule has 0 bridgehead atoms. The summed E-state index contributed by atoms with van der Waals surface area (Å²) in [6.07, 6.45) is 0. The van der Waals surface area contributed by atoms with Crippen molar-refractivity contribution in [1.29, 1.82) is 0 Å². The minimum atomic E-state index is -0.678. The molecular weight excluding hydrogens is 1370 g/mol. The Labute approximate surface area is 582 Å². The Balaban J connectivity index is 0.000000160. The van der Waals surface area contributed by atoms with Crippen LogP contribution in [0.4, 0.5) is 0 Å². The molecule has 0 aromatic heterocycles. The summed E-state index contributed by atoms with van der Waals surface area (Å²) in [5, 5.41) is 10.2. The van der Waals surface area contributed by atoms with Gasteiger partial charge < -0.3 is 18.9 Å². The predicted molar refractivity (Wildman–Crippen MR) is 407 cm³/mol. The average Bonchev–Trinajstić information content (AvgIpc) is 2.44. The van der Waals surface area contributed by atoms with Crippen LogP contribution in [0.15, 0.2) is 340 Å². The third kappa shape index (κ3) is 24.4. The molecule has 470 valence electrons. The predicted octanol–water partition coefficient (Wildman–Crippen LogP) is 17.9. The molecule has 12 aromatic rings. The monoisotopic (exact) mass is 1440 g/mol. The minimum absolute atomic E-state index is 0.346. The van der Waals surface area contributed by atoms with Crippen molar-refractivity contribution in [3.05, 3.63) is 362 Å². The van der Waals surface area contributed by atoms with Crippen LogP contribution in [0.2, 0.25) is 0 Å². The third-order valence-corrected chi connectivity index (χ3v) is 21.6. The average molecular weight is 1440 g/mol. The number of benzene rings is 12. The van der Waals surface area contributed by atoms with Gasteiger partial charge in [0.1, 0.15) is 23.0 Å². The summed E-state index contributed by atoms with van der Waals surface area (Å²) in [6, 6.07) is 115. The third-order valence-electron chi connectivity index (χ3n) is 13.7. The maximum atomic E-state index is 5.19. The summed E-state index contributed by atoms with van der Waals surface area (Å²) >= 11 is -0.346. The van der Waals surface area contributed by atoms with Gasteiger partial charge in [-0.05, 0) is 139 Å². The molecule has 0 fully saturated rings. The molecule has 0 heterocycles. The molecule has 0 amide bonds. The quantitative estimate of drug-likeness (QED) is 0.0694. The molecule has 11 heteroatoms. The first-order valence-electron chi connectivity index (χ1n) is 30.0. The number of ether oxygens (including phenoxy) is 4. The van der Waals surface area contributed by atoms with Gasteiger partial charge >= 0.3 is 34.5 Å². The van der Waals surface area contributed by atoms with E-state index in [9.17, 15) is 0 Å². The second-order valence-electron chi connectivity index (χ2n) is 19.9. The van der Waals surface area contributed by atoms with Crippen LogP contribution in [0, 0.1) is 46.3 Å². The number of hydrogen-bond donors (Lipinski definition) is 0. The zero-order valence-electron chi connectivity index (χ0n) is 52.9. The molecule has 0 atom stereocenters. The molecule has 0 radical (unpaired) electrons. The van der Waals surface area contributed by atoms with Crippen molar-refractivity contribution in [3.8, 4) is 69.3 Å². The fraction of sp³-hybridized carbons (Fsp3) is 0.0476. The molecule has 12 aromatic carbocycles. The fourth-order valence-corrected chi connectivity index (χ4v) is 15.9. The van der Waals surface area contributed by atoms with Gasteiger partial charge in [-0.3, -0.25) is 0 Å². The molecule has 0 aliphatic heterocycles. The summed E-state index contributed by atoms with van der Waals surface area (Å²) in [6.45, 7) is 0. The van der Waals surface area contributed by atoms with E-state index in [1.807, 2.05) is 146 Å². The normalized spacial score (nSPS) is 9.92. The molecule has 0 unspecified atom stereocenters. The van der Waals surface area contributed by atoms with Crippen molar-refractivity contribution in [2.75, 3.05) is 28.4 Å². The van der Waals surface area contributed by atoms with Crippen LogP contribution < -0.4 is 61.4 Å². The molecule has 0 saturated carbocycles. The standard InChI is InChI=1S/4C21H17OP.2ClH.Ru/c4*1-22-19-14-12-18(13-15-19)16-17-23(20-8-4-2-5-9-20)21-10-6-3-7-11-21;;;/h4*2-15H,1H3;2*1H;/q;;;;;;+2/p-2. The first-order chi connectivity index (χ1) is 46.9. The number of methoxy groups -OCH3 is 4. The molecule has 0 aliphatic rings. The van der Waals surface area contributed by atoms with Gasteiger partial charge in [0, 0.05) is 53.9 Å². The van der Waals surface area contributed by atoms with Gasteiger partial charge in [0.05, 0.1) is 28.4 Å². The van der Waals surface area contributed by atoms with Crippen LogP contribution in [-0.4, -0.2) is 28.4 Å². The molecule has 4 nitrogen and oxygen atoms in total. The van der Waals surface area contributed by atoms with Gasteiger partial charge in [-0.2, -0.15) is 0 Å². The second kappa shape index (κ2) is 41.7. The Morgan fingerprint density at radius 2 is 0.337 bits per heavy atom. The Bertz CT molecular complexity index is 3660. The van der Waals surface area contributed by atoms with E-state index >= 15 is 0 Å². The van der Waals surface area contributed by atoms with Crippen molar-refractivity contribution >= 4 is 93.5 Å². The number of halogens is 2. The van der Waals surface area contributed by atoms with Crippen LogP contribution in [0.5, 0.6) is 23.0 Å². The van der Waals surface area contributed by atoms with Crippen molar-refractivity contribution in [3.63, 3.8) is 0 Å². The molecule has 95 heavy (non-hydrogen) atoms. The van der Waals surface area contributed by atoms with Crippen molar-refractivity contribution in [2.45, 2.75) is 0 Å². The van der Waals surface area contributed by atoms with E-state index in [0.29, 0.717) is 0 Å². The van der Waals surface area contributed by atoms with Crippen molar-refractivity contribution in [2.24, 2.45) is 0 Å². The van der Waals surface area contributed by atoms with Crippen LogP contribution in [0.25, 0.3) is 0 Å².